The van der Waals surface area contributed by atoms with Crippen LogP contribution in [0, 0.1) is 0 Å². The molecule has 0 saturated carbocycles. The number of hydrogen-bond acceptors (Lipinski definition) is 6. The van der Waals surface area contributed by atoms with E-state index in [1.807, 2.05) is 9.80 Å². The molecule has 3 rings (SSSR count). The number of amides is 1. The molecule has 2 aliphatic heterocycles. The van der Waals surface area contributed by atoms with Crippen molar-refractivity contribution in [1.82, 2.24) is 14.1 Å². The van der Waals surface area contributed by atoms with Gasteiger partial charge >= 0.3 is 0 Å². The van der Waals surface area contributed by atoms with Crippen molar-refractivity contribution in [2.75, 3.05) is 52.4 Å². The summed E-state index contributed by atoms with van der Waals surface area (Å²) in [4.78, 5) is 16.4. The SMILES string of the molecule is CCC1CN(C(=O)CN2CCN(S(=O)(=O)c3ccc(Br)s3)CC2)CCO1. The molecule has 0 aliphatic carbocycles. The van der Waals surface area contributed by atoms with Gasteiger partial charge in [-0.1, -0.05) is 6.92 Å². The average Bonchev–Trinajstić information content (AvgIpc) is 3.09. The van der Waals surface area contributed by atoms with Crippen molar-refractivity contribution in [3.05, 3.63) is 15.9 Å². The van der Waals surface area contributed by atoms with E-state index in [1.165, 1.54) is 15.6 Å². The first-order valence-corrected chi connectivity index (χ1v) is 11.8. The molecule has 10 heteroatoms. The minimum atomic E-state index is -3.44. The van der Waals surface area contributed by atoms with Crippen molar-refractivity contribution >= 4 is 43.2 Å². The fourth-order valence-electron chi connectivity index (χ4n) is 3.18. The quantitative estimate of drug-likeness (QED) is 0.657. The molecule has 1 atom stereocenters. The van der Waals surface area contributed by atoms with Crippen molar-refractivity contribution < 1.29 is 17.9 Å². The van der Waals surface area contributed by atoms with Crippen molar-refractivity contribution in [3.8, 4) is 0 Å². The number of carbonyl (C=O) groups excluding carboxylic acids is 1. The molecule has 0 radical (unpaired) electrons. The molecular formula is C16H24BrN3O4S2. The smallest absolute Gasteiger partial charge is 0.252 e. The summed E-state index contributed by atoms with van der Waals surface area (Å²) in [5.41, 5.74) is 0. The number of sulfonamides is 1. The average molecular weight is 466 g/mol. The Bertz CT molecular complexity index is 732. The fraction of sp³-hybridized carbons (Fsp3) is 0.688. The summed E-state index contributed by atoms with van der Waals surface area (Å²) < 4.78 is 33.6. The molecular weight excluding hydrogens is 442 g/mol. The van der Waals surface area contributed by atoms with Crippen LogP contribution in [0.4, 0.5) is 0 Å². The maximum atomic E-state index is 12.7. The second-order valence-corrected chi connectivity index (χ2v) is 11.1. The van der Waals surface area contributed by atoms with E-state index in [2.05, 4.69) is 22.9 Å². The van der Waals surface area contributed by atoms with E-state index in [0.717, 1.165) is 10.2 Å². The van der Waals surface area contributed by atoms with Crippen LogP contribution in [0.25, 0.3) is 0 Å². The zero-order valence-electron chi connectivity index (χ0n) is 14.8. The van der Waals surface area contributed by atoms with Gasteiger partial charge in [-0.05, 0) is 34.5 Å². The van der Waals surface area contributed by atoms with Crippen LogP contribution in [0.5, 0.6) is 0 Å². The van der Waals surface area contributed by atoms with Gasteiger partial charge in [0.1, 0.15) is 4.21 Å². The van der Waals surface area contributed by atoms with Crippen LogP contribution >= 0.6 is 27.3 Å². The first-order valence-electron chi connectivity index (χ1n) is 8.77. The number of morpholine rings is 1. The lowest BCUT2D eigenvalue weighted by Crippen LogP contribution is -2.53. The minimum Gasteiger partial charge on any atom is -0.375 e. The van der Waals surface area contributed by atoms with Crippen LogP contribution in [0.2, 0.25) is 0 Å². The number of halogens is 1. The first kappa shape index (κ1) is 20.2. The zero-order valence-corrected chi connectivity index (χ0v) is 18.0. The van der Waals surface area contributed by atoms with E-state index in [0.29, 0.717) is 56.6 Å². The Morgan fingerprint density at radius 1 is 1.27 bits per heavy atom. The molecule has 7 nitrogen and oxygen atoms in total. The van der Waals surface area contributed by atoms with Crippen LogP contribution in [-0.2, 0) is 19.6 Å². The lowest BCUT2D eigenvalue weighted by molar-refractivity contribution is -0.140. The number of piperazine rings is 1. The van der Waals surface area contributed by atoms with Gasteiger partial charge in [0, 0.05) is 39.3 Å². The van der Waals surface area contributed by atoms with Gasteiger partial charge in [0.25, 0.3) is 10.0 Å². The molecule has 0 spiro atoms. The molecule has 0 aromatic carbocycles. The van der Waals surface area contributed by atoms with Gasteiger partial charge in [0.05, 0.1) is 23.0 Å². The molecule has 2 fully saturated rings. The molecule has 2 saturated heterocycles. The summed E-state index contributed by atoms with van der Waals surface area (Å²) in [5.74, 6) is 0.102. The number of carbonyl (C=O) groups is 1. The predicted octanol–water partition coefficient (Wildman–Crippen LogP) is 1.45. The highest BCUT2D eigenvalue weighted by molar-refractivity contribution is 9.11. The molecule has 0 bridgehead atoms. The zero-order chi connectivity index (χ0) is 18.7. The number of nitrogens with zero attached hydrogens (tertiary/aromatic N) is 3. The van der Waals surface area contributed by atoms with Gasteiger partial charge < -0.3 is 9.64 Å². The summed E-state index contributed by atoms with van der Waals surface area (Å²) in [5, 5.41) is 0. The minimum absolute atomic E-state index is 0.102. The van der Waals surface area contributed by atoms with E-state index in [-0.39, 0.29) is 12.0 Å². The standard InChI is InChI=1S/C16H24BrN3O4S2/c1-2-13-11-19(9-10-24-13)15(21)12-18-5-7-20(8-6-18)26(22,23)16-4-3-14(17)25-16/h3-4,13H,2,5-12H2,1H3. The fourth-order valence-corrected chi connectivity index (χ4v) is 6.76. The van der Waals surface area contributed by atoms with E-state index in [9.17, 15) is 13.2 Å². The van der Waals surface area contributed by atoms with Crippen molar-refractivity contribution in [1.29, 1.82) is 0 Å². The lowest BCUT2D eigenvalue weighted by Gasteiger charge is -2.36. The van der Waals surface area contributed by atoms with Gasteiger partial charge in [-0.3, -0.25) is 9.69 Å². The van der Waals surface area contributed by atoms with E-state index in [4.69, 9.17) is 4.74 Å². The molecule has 1 aromatic rings. The summed E-state index contributed by atoms with van der Waals surface area (Å²) >= 11 is 4.53. The highest BCUT2D eigenvalue weighted by Gasteiger charge is 2.31. The third-order valence-corrected chi connectivity index (χ3v) is 8.77. The maximum absolute atomic E-state index is 12.7. The van der Waals surface area contributed by atoms with Gasteiger partial charge in [-0.2, -0.15) is 4.31 Å². The molecule has 1 amide bonds. The van der Waals surface area contributed by atoms with Gasteiger partial charge in [0.2, 0.25) is 5.91 Å². The largest absolute Gasteiger partial charge is 0.375 e. The van der Waals surface area contributed by atoms with E-state index >= 15 is 0 Å². The van der Waals surface area contributed by atoms with E-state index in [1.54, 1.807) is 12.1 Å². The molecule has 3 heterocycles. The molecule has 146 valence electrons. The van der Waals surface area contributed by atoms with Crippen molar-refractivity contribution in [3.63, 3.8) is 0 Å². The summed E-state index contributed by atoms with van der Waals surface area (Å²) in [6, 6.07) is 3.38. The molecule has 2 aliphatic rings. The van der Waals surface area contributed by atoms with Crippen LogP contribution < -0.4 is 0 Å². The van der Waals surface area contributed by atoms with E-state index < -0.39 is 10.0 Å². The van der Waals surface area contributed by atoms with Crippen LogP contribution in [0.3, 0.4) is 0 Å². The third kappa shape index (κ3) is 4.66. The number of hydrogen-bond donors (Lipinski definition) is 0. The molecule has 26 heavy (non-hydrogen) atoms. The molecule has 1 aromatic heterocycles. The van der Waals surface area contributed by atoms with Crippen LogP contribution in [-0.4, -0.2) is 87.0 Å². The monoisotopic (exact) mass is 465 g/mol. The van der Waals surface area contributed by atoms with Crippen LogP contribution in [0.1, 0.15) is 13.3 Å². The Kier molecular flexibility index (Phi) is 6.73. The van der Waals surface area contributed by atoms with Gasteiger partial charge in [-0.15, -0.1) is 11.3 Å². The maximum Gasteiger partial charge on any atom is 0.252 e. The summed E-state index contributed by atoms with van der Waals surface area (Å²) in [6.07, 6.45) is 1.03. The Hall–Kier alpha value is -0.520. The Morgan fingerprint density at radius 2 is 2.00 bits per heavy atom. The molecule has 1 unspecified atom stereocenters. The second-order valence-electron chi connectivity index (χ2n) is 6.48. The Labute approximate surface area is 167 Å². The number of ether oxygens (including phenoxy) is 1. The summed E-state index contributed by atoms with van der Waals surface area (Å²) in [6.45, 7) is 6.23. The Balaban J connectivity index is 1.51. The van der Waals surface area contributed by atoms with Gasteiger partial charge in [-0.25, -0.2) is 8.42 Å². The molecule has 0 N–H and O–H groups in total. The third-order valence-electron chi connectivity index (χ3n) is 4.78. The highest BCUT2D eigenvalue weighted by Crippen LogP contribution is 2.28. The Morgan fingerprint density at radius 3 is 2.62 bits per heavy atom. The van der Waals surface area contributed by atoms with Gasteiger partial charge in [0.15, 0.2) is 0 Å². The first-order chi connectivity index (χ1) is 12.4. The number of rotatable bonds is 5. The predicted molar refractivity (Wildman–Crippen MR) is 104 cm³/mol. The van der Waals surface area contributed by atoms with Crippen molar-refractivity contribution in [2.45, 2.75) is 23.7 Å². The highest BCUT2D eigenvalue weighted by atomic mass is 79.9. The normalized spacial score (nSPS) is 23.3. The number of thiophene rings is 1. The van der Waals surface area contributed by atoms with Crippen LogP contribution in [0.15, 0.2) is 20.1 Å². The topological polar surface area (TPSA) is 70.2 Å². The lowest BCUT2D eigenvalue weighted by atomic mass is 10.2. The van der Waals surface area contributed by atoms with Crippen molar-refractivity contribution in [2.24, 2.45) is 0 Å². The summed E-state index contributed by atoms with van der Waals surface area (Å²) in [7, 11) is -3.44. The second kappa shape index (κ2) is 8.66.